The van der Waals surface area contributed by atoms with Crippen LogP contribution in [0.3, 0.4) is 0 Å². The van der Waals surface area contributed by atoms with Gasteiger partial charge >= 0.3 is 0 Å². The van der Waals surface area contributed by atoms with E-state index in [1.165, 1.54) is 5.56 Å². The number of methoxy groups -OCH3 is 1. The van der Waals surface area contributed by atoms with Gasteiger partial charge in [-0.05, 0) is 31.2 Å². The van der Waals surface area contributed by atoms with Gasteiger partial charge in [0, 0.05) is 44.9 Å². The molecule has 0 spiro atoms. The molecule has 1 aliphatic rings. The van der Waals surface area contributed by atoms with Gasteiger partial charge in [-0.2, -0.15) is 0 Å². The molecule has 0 radical (unpaired) electrons. The number of halogens is 1. The van der Waals surface area contributed by atoms with Crippen LogP contribution in [-0.4, -0.2) is 70.0 Å². The highest BCUT2D eigenvalue weighted by molar-refractivity contribution is 6.30. The Kier molecular flexibility index (Phi) is 7.63. The van der Waals surface area contributed by atoms with E-state index < -0.39 is 0 Å². The van der Waals surface area contributed by atoms with Gasteiger partial charge < -0.3 is 9.47 Å². The molecule has 1 aromatic carbocycles. The summed E-state index contributed by atoms with van der Waals surface area (Å²) >= 11 is 5.99. The molecule has 1 aromatic rings. The van der Waals surface area contributed by atoms with Gasteiger partial charge in [0.2, 0.25) is 0 Å². The average Bonchev–Trinajstić information content (AvgIpc) is 2.80. The van der Waals surface area contributed by atoms with Gasteiger partial charge in [0.05, 0.1) is 19.3 Å². The lowest BCUT2D eigenvalue weighted by Gasteiger charge is -2.30. The van der Waals surface area contributed by atoms with Gasteiger partial charge in [0.25, 0.3) is 0 Å². The third-order valence-corrected chi connectivity index (χ3v) is 4.45. The highest BCUT2D eigenvalue weighted by Crippen LogP contribution is 2.21. The molecule has 4 nitrogen and oxygen atoms in total. The van der Waals surface area contributed by atoms with Crippen molar-refractivity contribution in [2.75, 3.05) is 60.2 Å². The first-order valence-corrected chi connectivity index (χ1v) is 8.33. The quantitative estimate of drug-likeness (QED) is 0.769. The summed E-state index contributed by atoms with van der Waals surface area (Å²) in [7, 11) is 3.91. The number of ether oxygens (including phenoxy) is 2. The Morgan fingerprint density at radius 2 is 2.05 bits per heavy atom. The molecule has 5 heteroatoms. The van der Waals surface area contributed by atoms with Gasteiger partial charge in [-0.25, -0.2) is 0 Å². The van der Waals surface area contributed by atoms with E-state index in [-0.39, 0.29) is 6.04 Å². The fourth-order valence-electron chi connectivity index (χ4n) is 2.80. The molecule has 0 amide bonds. The Bertz CT molecular complexity index is 419. The number of benzene rings is 1. The van der Waals surface area contributed by atoms with Crippen molar-refractivity contribution in [3.05, 3.63) is 34.9 Å². The van der Waals surface area contributed by atoms with Crippen molar-refractivity contribution in [3.8, 4) is 0 Å². The lowest BCUT2D eigenvalue weighted by Crippen LogP contribution is -2.37. The molecule has 2 rings (SSSR count). The SMILES string of the molecule is COCC(c1ccc(Cl)cc1)N(C)CCN1CCCOCC1. The van der Waals surface area contributed by atoms with Crippen LogP contribution in [0.25, 0.3) is 0 Å². The Morgan fingerprint density at radius 1 is 1.27 bits per heavy atom. The van der Waals surface area contributed by atoms with Crippen molar-refractivity contribution >= 4 is 11.6 Å². The van der Waals surface area contributed by atoms with Crippen molar-refractivity contribution in [1.82, 2.24) is 9.80 Å². The molecule has 1 unspecified atom stereocenters. The van der Waals surface area contributed by atoms with Gasteiger partial charge in [0.15, 0.2) is 0 Å². The van der Waals surface area contributed by atoms with E-state index in [1.54, 1.807) is 7.11 Å². The summed E-state index contributed by atoms with van der Waals surface area (Å²) in [6.45, 7) is 6.66. The molecule has 0 aliphatic carbocycles. The topological polar surface area (TPSA) is 24.9 Å². The van der Waals surface area contributed by atoms with E-state index in [9.17, 15) is 0 Å². The van der Waals surface area contributed by atoms with E-state index in [4.69, 9.17) is 21.1 Å². The molecule has 1 aliphatic heterocycles. The van der Waals surface area contributed by atoms with Crippen LogP contribution in [0.4, 0.5) is 0 Å². The highest BCUT2D eigenvalue weighted by atomic mass is 35.5. The first kappa shape index (κ1) is 17.7. The minimum atomic E-state index is 0.255. The summed E-state index contributed by atoms with van der Waals surface area (Å²) in [6, 6.07) is 8.31. The Hall–Kier alpha value is -0.650. The fourth-order valence-corrected chi connectivity index (χ4v) is 2.92. The lowest BCUT2D eigenvalue weighted by atomic mass is 10.1. The smallest absolute Gasteiger partial charge is 0.0659 e. The van der Waals surface area contributed by atoms with Crippen LogP contribution in [0, 0.1) is 0 Å². The zero-order chi connectivity index (χ0) is 15.8. The second-order valence-corrected chi connectivity index (χ2v) is 6.25. The maximum absolute atomic E-state index is 5.99. The van der Waals surface area contributed by atoms with Gasteiger partial charge in [-0.1, -0.05) is 23.7 Å². The first-order valence-electron chi connectivity index (χ1n) is 7.95. The van der Waals surface area contributed by atoms with Crippen LogP contribution in [0.1, 0.15) is 18.0 Å². The monoisotopic (exact) mass is 326 g/mol. The van der Waals surface area contributed by atoms with Crippen LogP contribution in [0.2, 0.25) is 5.02 Å². The predicted molar refractivity (Wildman–Crippen MR) is 90.6 cm³/mol. The molecular formula is C17H27ClN2O2. The lowest BCUT2D eigenvalue weighted by molar-refractivity contribution is 0.0959. The van der Waals surface area contributed by atoms with Crippen molar-refractivity contribution in [2.45, 2.75) is 12.5 Å². The molecule has 0 saturated carbocycles. The summed E-state index contributed by atoms with van der Waals surface area (Å²) < 4.78 is 10.9. The van der Waals surface area contributed by atoms with Crippen molar-refractivity contribution < 1.29 is 9.47 Å². The van der Waals surface area contributed by atoms with Gasteiger partial charge in [-0.15, -0.1) is 0 Å². The standard InChI is InChI=1S/C17H27ClN2O2/c1-19(9-10-20-8-3-12-22-13-11-20)17(14-21-2)15-4-6-16(18)7-5-15/h4-7,17H,3,8-14H2,1-2H3. The zero-order valence-corrected chi connectivity index (χ0v) is 14.4. The van der Waals surface area contributed by atoms with Gasteiger partial charge in [-0.3, -0.25) is 9.80 Å². The van der Waals surface area contributed by atoms with Crippen LogP contribution in [-0.2, 0) is 9.47 Å². The minimum Gasteiger partial charge on any atom is -0.383 e. The molecule has 22 heavy (non-hydrogen) atoms. The molecule has 0 aromatic heterocycles. The Labute approximate surface area is 138 Å². The summed E-state index contributed by atoms with van der Waals surface area (Å²) in [6.07, 6.45) is 1.13. The van der Waals surface area contributed by atoms with Crippen molar-refractivity contribution in [1.29, 1.82) is 0 Å². The average molecular weight is 327 g/mol. The molecule has 0 bridgehead atoms. The number of rotatable bonds is 7. The number of nitrogens with zero attached hydrogens (tertiary/aromatic N) is 2. The Balaban J connectivity index is 1.91. The molecule has 1 atom stereocenters. The number of hydrogen-bond donors (Lipinski definition) is 0. The molecule has 1 fully saturated rings. The van der Waals surface area contributed by atoms with Crippen molar-refractivity contribution in [3.63, 3.8) is 0 Å². The normalized spacial score (nSPS) is 18.4. The minimum absolute atomic E-state index is 0.255. The zero-order valence-electron chi connectivity index (χ0n) is 13.6. The third-order valence-electron chi connectivity index (χ3n) is 4.20. The third kappa shape index (κ3) is 5.52. The van der Waals surface area contributed by atoms with Crippen LogP contribution in [0.15, 0.2) is 24.3 Å². The van der Waals surface area contributed by atoms with Crippen molar-refractivity contribution in [2.24, 2.45) is 0 Å². The van der Waals surface area contributed by atoms with Crippen LogP contribution < -0.4 is 0 Å². The highest BCUT2D eigenvalue weighted by Gasteiger charge is 2.18. The van der Waals surface area contributed by atoms with E-state index in [2.05, 4.69) is 29.0 Å². The summed E-state index contributed by atoms with van der Waals surface area (Å²) in [4.78, 5) is 4.84. The fraction of sp³-hybridized carbons (Fsp3) is 0.647. The van der Waals surface area contributed by atoms with Gasteiger partial charge in [0.1, 0.15) is 0 Å². The molecule has 0 N–H and O–H groups in total. The molecule has 124 valence electrons. The van der Waals surface area contributed by atoms with E-state index in [0.717, 1.165) is 50.8 Å². The molecule has 1 heterocycles. The summed E-state index contributed by atoms with van der Waals surface area (Å²) in [5, 5.41) is 0.770. The van der Waals surface area contributed by atoms with E-state index in [1.807, 2.05) is 12.1 Å². The molecular weight excluding hydrogens is 300 g/mol. The second kappa shape index (κ2) is 9.48. The largest absolute Gasteiger partial charge is 0.383 e. The van der Waals surface area contributed by atoms with Crippen LogP contribution >= 0.6 is 11.6 Å². The maximum Gasteiger partial charge on any atom is 0.0659 e. The molecule has 1 saturated heterocycles. The second-order valence-electron chi connectivity index (χ2n) is 5.81. The van der Waals surface area contributed by atoms with Crippen LogP contribution in [0.5, 0.6) is 0 Å². The summed E-state index contributed by atoms with van der Waals surface area (Å²) in [5.74, 6) is 0. The maximum atomic E-state index is 5.99. The van der Waals surface area contributed by atoms with E-state index in [0.29, 0.717) is 6.61 Å². The van der Waals surface area contributed by atoms with E-state index >= 15 is 0 Å². The predicted octanol–water partition coefficient (Wildman–Crippen LogP) is 2.68. The summed E-state index contributed by atoms with van der Waals surface area (Å²) in [5.41, 5.74) is 1.24. The first-order chi connectivity index (χ1) is 10.7. The number of likely N-dealkylation sites (N-methyl/N-ethyl adjacent to an activating group) is 1. The number of hydrogen-bond acceptors (Lipinski definition) is 4. The Morgan fingerprint density at radius 3 is 2.77 bits per heavy atom.